The lowest BCUT2D eigenvalue weighted by molar-refractivity contribution is -0.127. The van der Waals surface area contributed by atoms with Crippen molar-refractivity contribution >= 4 is 5.91 Å². The number of hydrogen-bond acceptors (Lipinski definition) is 3. The minimum atomic E-state index is -0.729. The molecule has 4 nitrogen and oxygen atoms in total. The molecule has 0 radical (unpaired) electrons. The third-order valence-electron chi connectivity index (χ3n) is 2.67. The summed E-state index contributed by atoms with van der Waals surface area (Å²) in [5.41, 5.74) is 5.19. The normalized spacial score (nSPS) is 13.8. The highest BCUT2D eigenvalue weighted by Crippen LogP contribution is 2.10. The van der Waals surface area contributed by atoms with Crippen LogP contribution < -0.4 is 11.1 Å². The molecule has 0 heterocycles. The average molecular weight is 202 g/mol. The summed E-state index contributed by atoms with van der Waals surface area (Å²) in [6.45, 7) is 6.25. The van der Waals surface area contributed by atoms with Crippen LogP contribution in [0.15, 0.2) is 0 Å². The first-order valence-electron chi connectivity index (χ1n) is 5.10. The van der Waals surface area contributed by atoms with Crippen molar-refractivity contribution in [2.45, 2.75) is 45.3 Å². The molecule has 0 fully saturated rings. The summed E-state index contributed by atoms with van der Waals surface area (Å²) in [6, 6.07) is 0. The molecule has 0 rings (SSSR count). The van der Waals surface area contributed by atoms with Gasteiger partial charge in [0.05, 0.1) is 11.6 Å². The zero-order chi connectivity index (χ0) is 11.2. The highest BCUT2D eigenvalue weighted by molar-refractivity contribution is 5.85. The molecule has 14 heavy (non-hydrogen) atoms. The van der Waals surface area contributed by atoms with Crippen LogP contribution >= 0.6 is 0 Å². The van der Waals surface area contributed by atoms with E-state index >= 15 is 0 Å². The van der Waals surface area contributed by atoms with Crippen LogP contribution in [0, 0.1) is 0 Å². The standard InChI is InChI=1S/C10H22N2O2/c1-5-10(11,6-2)9(13)12-7-8(3)14-4/h8H,5-7,11H2,1-4H3,(H,12,13). The van der Waals surface area contributed by atoms with Gasteiger partial charge < -0.3 is 15.8 Å². The maximum atomic E-state index is 11.7. The van der Waals surface area contributed by atoms with E-state index in [9.17, 15) is 4.79 Å². The van der Waals surface area contributed by atoms with Crippen LogP contribution in [0.1, 0.15) is 33.6 Å². The first-order valence-corrected chi connectivity index (χ1v) is 5.10. The third-order valence-corrected chi connectivity index (χ3v) is 2.67. The van der Waals surface area contributed by atoms with Crippen molar-refractivity contribution in [2.75, 3.05) is 13.7 Å². The van der Waals surface area contributed by atoms with E-state index in [1.807, 2.05) is 20.8 Å². The van der Waals surface area contributed by atoms with Gasteiger partial charge in [-0.3, -0.25) is 4.79 Å². The highest BCUT2D eigenvalue weighted by Gasteiger charge is 2.29. The van der Waals surface area contributed by atoms with Gasteiger partial charge >= 0.3 is 0 Å². The molecule has 0 aromatic heterocycles. The van der Waals surface area contributed by atoms with Gasteiger partial charge in [0.15, 0.2) is 0 Å². The lowest BCUT2D eigenvalue weighted by Gasteiger charge is -2.25. The fraction of sp³-hybridized carbons (Fsp3) is 0.900. The first kappa shape index (κ1) is 13.4. The van der Waals surface area contributed by atoms with E-state index < -0.39 is 5.54 Å². The van der Waals surface area contributed by atoms with E-state index in [2.05, 4.69) is 5.32 Å². The highest BCUT2D eigenvalue weighted by atomic mass is 16.5. The Hall–Kier alpha value is -0.610. The molecule has 0 aromatic rings. The maximum Gasteiger partial charge on any atom is 0.240 e. The molecule has 4 heteroatoms. The van der Waals surface area contributed by atoms with E-state index in [1.54, 1.807) is 7.11 Å². The van der Waals surface area contributed by atoms with Crippen LogP contribution in [0.3, 0.4) is 0 Å². The number of carbonyl (C=O) groups is 1. The average Bonchev–Trinajstić information content (AvgIpc) is 2.23. The summed E-state index contributed by atoms with van der Waals surface area (Å²) in [5, 5.41) is 2.79. The summed E-state index contributed by atoms with van der Waals surface area (Å²) >= 11 is 0. The molecular weight excluding hydrogens is 180 g/mol. The molecular formula is C10H22N2O2. The van der Waals surface area contributed by atoms with Gasteiger partial charge in [-0.1, -0.05) is 13.8 Å². The minimum Gasteiger partial charge on any atom is -0.380 e. The van der Waals surface area contributed by atoms with Crippen molar-refractivity contribution in [3.8, 4) is 0 Å². The molecule has 1 amide bonds. The third kappa shape index (κ3) is 3.64. The molecule has 0 aliphatic carbocycles. The number of nitrogens with one attached hydrogen (secondary N) is 1. The quantitative estimate of drug-likeness (QED) is 0.665. The van der Waals surface area contributed by atoms with E-state index in [0.29, 0.717) is 19.4 Å². The number of hydrogen-bond donors (Lipinski definition) is 2. The van der Waals surface area contributed by atoms with Gasteiger partial charge in [0.2, 0.25) is 5.91 Å². The lowest BCUT2D eigenvalue weighted by Crippen LogP contribution is -2.54. The fourth-order valence-corrected chi connectivity index (χ4v) is 1.07. The minimum absolute atomic E-state index is 0.0249. The zero-order valence-electron chi connectivity index (χ0n) is 9.59. The summed E-state index contributed by atoms with van der Waals surface area (Å²) < 4.78 is 5.02. The van der Waals surface area contributed by atoms with Gasteiger partial charge in [-0.05, 0) is 19.8 Å². The largest absolute Gasteiger partial charge is 0.380 e. The van der Waals surface area contributed by atoms with Gasteiger partial charge in [-0.2, -0.15) is 0 Å². The Kier molecular flexibility index (Phi) is 5.72. The Labute approximate surface area is 86.2 Å². The molecule has 0 saturated carbocycles. The molecule has 0 bridgehead atoms. The molecule has 0 aliphatic rings. The van der Waals surface area contributed by atoms with Crippen LogP contribution in [0.4, 0.5) is 0 Å². The van der Waals surface area contributed by atoms with Crippen molar-refractivity contribution < 1.29 is 9.53 Å². The van der Waals surface area contributed by atoms with Crippen LogP contribution in [-0.2, 0) is 9.53 Å². The second-order valence-electron chi connectivity index (χ2n) is 3.62. The molecule has 3 N–H and O–H groups in total. The summed E-state index contributed by atoms with van der Waals surface area (Å²) in [7, 11) is 1.62. The molecule has 0 aromatic carbocycles. The fourth-order valence-electron chi connectivity index (χ4n) is 1.07. The predicted molar refractivity (Wildman–Crippen MR) is 57.0 cm³/mol. The second-order valence-corrected chi connectivity index (χ2v) is 3.62. The molecule has 1 unspecified atom stereocenters. The van der Waals surface area contributed by atoms with Crippen molar-refractivity contribution in [1.29, 1.82) is 0 Å². The number of nitrogens with two attached hydrogens (primary N) is 1. The molecule has 0 saturated heterocycles. The van der Waals surface area contributed by atoms with E-state index in [0.717, 1.165) is 0 Å². The number of ether oxygens (including phenoxy) is 1. The molecule has 0 aliphatic heterocycles. The zero-order valence-corrected chi connectivity index (χ0v) is 9.59. The maximum absolute atomic E-state index is 11.7. The number of methoxy groups -OCH3 is 1. The summed E-state index contributed by atoms with van der Waals surface area (Å²) in [5.74, 6) is -0.0913. The summed E-state index contributed by atoms with van der Waals surface area (Å²) in [6.07, 6.45) is 1.32. The Morgan fingerprint density at radius 2 is 2.00 bits per heavy atom. The SMILES string of the molecule is CCC(N)(CC)C(=O)NCC(C)OC. The summed E-state index contributed by atoms with van der Waals surface area (Å²) in [4.78, 5) is 11.7. The number of carbonyl (C=O) groups excluding carboxylic acids is 1. The topological polar surface area (TPSA) is 64.4 Å². The smallest absolute Gasteiger partial charge is 0.240 e. The van der Waals surface area contributed by atoms with Crippen LogP contribution in [0.25, 0.3) is 0 Å². The predicted octanol–water partition coefficient (Wildman–Crippen LogP) is 0.655. The Morgan fingerprint density at radius 1 is 1.50 bits per heavy atom. The van der Waals surface area contributed by atoms with Crippen LogP contribution in [-0.4, -0.2) is 31.2 Å². The van der Waals surface area contributed by atoms with Crippen molar-refractivity contribution in [1.82, 2.24) is 5.32 Å². The number of amides is 1. The van der Waals surface area contributed by atoms with Gasteiger partial charge in [0.25, 0.3) is 0 Å². The van der Waals surface area contributed by atoms with E-state index in [4.69, 9.17) is 10.5 Å². The van der Waals surface area contributed by atoms with E-state index in [1.165, 1.54) is 0 Å². The Morgan fingerprint density at radius 3 is 2.36 bits per heavy atom. The van der Waals surface area contributed by atoms with Gasteiger partial charge in [-0.15, -0.1) is 0 Å². The van der Waals surface area contributed by atoms with Crippen molar-refractivity contribution in [3.63, 3.8) is 0 Å². The van der Waals surface area contributed by atoms with E-state index in [-0.39, 0.29) is 12.0 Å². The Bertz CT molecular complexity index is 179. The first-order chi connectivity index (χ1) is 6.50. The Balaban J connectivity index is 4.06. The monoisotopic (exact) mass is 202 g/mol. The molecule has 1 atom stereocenters. The van der Waals surface area contributed by atoms with Gasteiger partial charge in [0.1, 0.15) is 0 Å². The lowest BCUT2D eigenvalue weighted by atomic mass is 9.93. The van der Waals surface area contributed by atoms with Gasteiger partial charge in [0, 0.05) is 13.7 Å². The number of rotatable bonds is 6. The van der Waals surface area contributed by atoms with Gasteiger partial charge in [-0.25, -0.2) is 0 Å². The molecule has 0 spiro atoms. The van der Waals surface area contributed by atoms with Crippen molar-refractivity contribution in [3.05, 3.63) is 0 Å². The second kappa shape index (κ2) is 5.98. The van der Waals surface area contributed by atoms with Crippen LogP contribution in [0.5, 0.6) is 0 Å². The van der Waals surface area contributed by atoms with Crippen molar-refractivity contribution in [2.24, 2.45) is 5.73 Å². The molecule has 84 valence electrons. The van der Waals surface area contributed by atoms with Crippen LogP contribution in [0.2, 0.25) is 0 Å².